The average Bonchev–Trinajstić information content (AvgIpc) is 3.69. The summed E-state index contributed by atoms with van der Waals surface area (Å²) in [5.74, 6) is 0. The average molecular weight is 541 g/mol. The fourth-order valence-electron chi connectivity index (χ4n) is 6.49. The van der Waals surface area contributed by atoms with Gasteiger partial charge in [0, 0.05) is 37.6 Å². The van der Waals surface area contributed by atoms with Crippen LogP contribution in [-0.2, 0) is 0 Å². The lowest BCUT2D eigenvalue weighted by atomic mass is 10.0. The van der Waals surface area contributed by atoms with Crippen LogP contribution in [0.3, 0.4) is 0 Å². The summed E-state index contributed by atoms with van der Waals surface area (Å²) in [7, 11) is 0. The fourth-order valence-corrected chi connectivity index (χ4v) is 7.71. The molecule has 9 aromatic rings. The normalized spacial score (nSPS) is 11.9. The van der Waals surface area contributed by atoms with Crippen molar-refractivity contribution in [2.75, 3.05) is 0 Å². The van der Waals surface area contributed by atoms with Gasteiger partial charge in [-0.25, -0.2) is 0 Å². The lowest BCUT2D eigenvalue weighted by Crippen LogP contribution is -1.94. The Morgan fingerprint density at radius 2 is 0.805 bits per heavy atom. The molecule has 0 aliphatic heterocycles. The fraction of sp³-hybridized carbons (Fsp3) is 0. The first kappa shape index (κ1) is 22.7. The van der Waals surface area contributed by atoms with Crippen molar-refractivity contribution in [1.82, 2.24) is 9.13 Å². The molecule has 0 fully saturated rings. The van der Waals surface area contributed by atoms with Crippen molar-refractivity contribution < 1.29 is 0 Å². The molecule has 0 atom stereocenters. The number of benzene rings is 6. The first-order valence-electron chi connectivity index (χ1n) is 14.0. The number of aromatic nitrogens is 2. The van der Waals surface area contributed by atoms with Crippen molar-refractivity contribution in [2.24, 2.45) is 0 Å². The predicted molar refractivity (Wildman–Crippen MR) is 176 cm³/mol. The van der Waals surface area contributed by atoms with Crippen molar-refractivity contribution in [1.29, 1.82) is 0 Å². The van der Waals surface area contributed by atoms with Crippen LogP contribution in [0.1, 0.15) is 0 Å². The molecule has 3 heteroatoms. The van der Waals surface area contributed by atoms with E-state index in [1.165, 1.54) is 75.5 Å². The van der Waals surface area contributed by atoms with E-state index in [2.05, 4.69) is 155 Å². The molecule has 0 amide bonds. The van der Waals surface area contributed by atoms with Gasteiger partial charge in [-0.1, -0.05) is 97.1 Å². The molecule has 41 heavy (non-hydrogen) atoms. The third-order valence-corrected chi connectivity index (χ3v) is 9.54. The van der Waals surface area contributed by atoms with Crippen molar-refractivity contribution in [3.05, 3.63) is 146 Å². The number of thiophene rings is 1. The van der Waals surface area contributed by atoms with Gasteiger partial charge in [-0.2, -0.15) is 0 Å². The highest BCUT2D eigenvalue weighted by Gasteiger charge is 2.17. The first-order valence-corrected chi connectivity index (χ1v) is 14.8. The molecule has 0 aliphatic carbocycles. The SMILES string of the molecule is c1ccc2c(c1)sc1c3ccccc3n(-c3ccc(-c4ccc(-n5c6ccccc6c6ccccc65)cc4)cc3)c21. The molecular weight excluding hydrogens is 516 g/mol. The Hall–Kier alpha value is -5.12. The van der Waals surface area contributed by atoms with Gasteiger partial charge in [-0.05, 0) is 59.7 Å². The largest absolute Gasteiger partial charge is 0.309 e. The molecular formula is C38H24N2S. The molecule has 0 bridgehead atoms. The minimum Gasteiger partial charge on any atom is -0.309 e. The van der Waals surface area contributed by atoms with Gasteiger partial charge >= 0.3 is 0 Å². The standard InChI is InChI=1S/C38H24N2S/c1-5-13-33-29(9-1)30-10-2-6-14-34(30)39(33)27-21-17-25(18-22-27)26-19-23-28(24-20-26)40-35-15-7-3-11-31(35)38-37(40)32-12-4-8-16-36(32)41-38/h1-24H. The van der Waals surface area contributed by atoms with Gasteiger partial charge in [0.15, 0.2) is 0 Å². The number of para-hydroxylation sites is 3. The van der Waals surface area contributed by atoms with Gasteiger partial charge in [-0.15, -0.1) is 11.3 Å². The Bertz CT molecular complexity index is 2340. The molecule has 2 nitrogen and oxygen atoms in total. The van der Waals surface area contributed by atoms with E-state index in [4.69, 9.17) is 0 Å². The topological polar surface area (TPSA) is 9.86 Å². The van der Waals surface area contributed by atoms with Crippen LogP contribution < -0.4 is 0 Å². The Kier molecular flexibility index (Phi) is 4.80. The minimum absolute atomic E-state index is 1.17. The predicted octanol–water partition coefficient (Wildman–Crippen LogP) is 10.8. The van der Waals surface area contributed by atoms with E-state index in [-0.39, 0.29) is 0 Å². The summed E-state index contributed by atoms with van der Waals surface area (Å²) >= 11 is 1.89. The van der Waals surface area contributed by atoms with Gasteiger partial charge < -0.3 is 9.13 Å². The van der Waals surface area contributed by atoms with Gasteiger partial charge in [0.25, 0.3) is 0 Å². The second kappa shape index (κ2) is 8.69. The van der Waals surface area contributed by atoms with Gasteiger partial charge in [0.05, 0.1) is 26.8 Å². The number of hydrogen-bond donors (Lipinski definition) is 0. The van der Waals surface area contributed by atoms with Crippen LogP contribution >= 0.6 is 11.3 Å². The third-order valence-electron chi connectivity index (χ3n) is 8.35. The summed E-state index contributed by atoms with van der Waals surface area (Å²) < 4.78 is 7.48. The quantitative estimate of drug-likeness (QED) is 0.211. The molecule has 0 aliphatic rings. The summed E-state index contributed by atoms with van der Waals surface area (Å²) in [5.41, 5.74) is 9.81. The monoisotopic (exact) mass is 540 g/mol. The number of nitrogens with zero attached hydrogens (tertiary/aromatic N) is 2. The van der Waals surface area contributed by atoms with Crippen LogP contribution in [0.4, 0.5) is 0 Å². The van der Waals surface area contributed by atoms with Crippen molar-refractivity contribution in [3.63, 3.8) is 0 Å². The summed E-state index contributed by atoms with van der Waals surface area (Å²) in [4.78, 5) is 0. The van der Waals surface area contributed by atoms with Crippen LogP contribution in [0, 0.1) is 0 Å². The Morgan fingerprint density at radius 3 is 1.39 bits per heavy atom. The highest BCUT2D eigenvalue weighted by Crippen LogP contribution is 2.42. The van der Waals surface area contributed by atoms with Crippen molar-refractivity contribution >= 4 is 64.3 Å². The minimum atomic E-state index is 1.17. The van der Waals surface area contributed by atoms with Crippen LogP contribution in [-0.4, -0.2) is 9.13 Å². The molecule has 0 radical (unpaired) electrons. The zero-order valence-corrected chi connectivity index (χ0v) is 23.0. The van der Waals surface area contributed by atoms with Crippen LogP contribution in [0.5, 0.6) is 0 Å². The van der Waals surface area contributed by atoms with E-state index in [1.807, 2.05) is 11.3 Å². The molecule has 0 saturated carbocycles. The second-order valence-corrected chi connectivity index (χ2v) is 11.6. The number of fused-ring (bicyclic) bond motifs is 8. The zero-order valence-electron chi connectivity index (χ0n) is 22.2. The van der Waals surface area contributed by atoms with Crippen LogP contribution in [0.2, 0.25) is 0 Å². The van der Waals surface area contributed by atoms with E-state index >= 15 is 0 Å². The molecule has 3 aromatic heterocycles. The van der Waals surface area contributed by atoms with Crippen LogP contribution in [0.25, 0.3) is 75.5 Å². The first-order chi connectivity index (χ1) is 20.3. The Morgan fingerprint density at radius 1 is 0.366 bits per heavy atom. The second-order valence-electron chi connectivity index (χ2n) is 10.6. The molecule has 0 saturated heterocycles. The molecule has 192 valence electrons. The van der Waals surface area contributed by atoms with E-state index in [9.17, 15) is 0 Å². The Balaban J connectivity index is 1.14. The molecule has 3 heterocycles. The third kappa shape index (κ3) is 3.30. The number of hydrogen-bond acceptors (Lipinski definition) is 1. The van der Waals surface area contributed by atoms with E-state index < -0.39 is 0 Å². The maximum Gasteiger partial charge on any atom is 0.0727 e. The summed E-state index contributed by atoms with van der Waals surface area (Å²) in [6.45, 7) is 0. The molecule has 9 rings (SSSR count). The maximum atomic E-state index is 2.43. The van der Waals surface area contributed by atoms with Gasteiger partial charge in [-0.3, -0.25) is 0 Å². The van der Waals surface area contributed by atoms with Gasteiger partial charge in [0.1, 0.15) is 0 Å². The van der Waals surface area contributed by atoms with Crippen molar-refractivity contribution in [3.8, 4) is 22.5 Å². The van der Waals surface area contributed by atoms with E-state index in [1.54, 1.807) is 0 Å². The van der Waals surface area contributed by atoms with Crippen LogP contribution in [0.15, 0.2) is 146 Å². The molecule has 6 aromatic carbocycles. The number of rotatable bonds is 3. The van der Waals surface area contributed by atoms with Gasteiger partial charge in [0.2, 0.25) is 0 Å². The van der Waals surface area contributed by atoms with Crippen molar-refractivity contribution in [2.45, 2.75) is 0 Å². The summed E-state index contributed by atoms with van der Waals surface area (Å²) in [6.07, 6.45) is 0. The molecule has 0 N–H and O–H groups in total. The summed E-state index contributed by atoms with van der Waals surface area (Å²) in [5, 5.41) is 5.20. The zero-order chi connectivity index (χ0) is 26.9. The molecule has 0 unspecified atom stereocenters. The maximum absolute atomic E-state index is 2.43. The van der Waals surface area contributed by atoms with E-state index in [0.717, 1.165) is 0 Å². The summed E-state index contributed by atoms with van der Waals surface area (Å²) in [6, 6.07) is 52.8. The lowest BCUT2D eigenvalue weighted by molar-refractivity contribution is 1.18. The Labute approximate surface area is 240 Å². The smallest absolute Gasteiger partial charge is 0.0727 e. The highest BCUT2D eigenvalue weighted by atomic mass is 32.1. The lowest BCUT2D eigenvalue weighted by Gasteiger charge is -2.11. The molecule has 0 spiro atoms. The highest BCUT2D eigenvalue weighted by molar-refractivity contribution is 7.26. The van der Waals surface area contributed by atoms with E-state index in [0.29, 0.717) is 0 Å².